The number of ether oxygens (including phenoxy) is 1. The zero-order chi connectivity index (χ0) is 14.0. The van der Waals surface area contributed by atoms with E-state index >= 15 is 0 Å². The third-order valence-corrected chi connectivity index (χ3v) is 4.89. The lowest BCUT2D eigenvalue weighted by atomic mass is 9.58. The highest BCUT2D eigenvalue weighted by molar-refractivity contribution is 5.85. The largest absolute Gasteiger partial charge is 0.392 e. The number of aliphatic hydroxyl groups excluding tert-OH is 1. The van der Waals surface area contributed by atoms with Crippen LogP contribution in [0.5, 0.6) is 0 Å². The van der Waals surface area contributed by atoms with Crippen molar-refractivity contribution in [1.29, 1.82) is 0 Å². The molecule has 0 aromatic rings. The molecule has 1 aliphatic carbocycles. The number of nitrogens with two attached hydrogens (primary N) is 1. The Labute approximate surface area is 127 Å². The van der Waals surface area contributed by atoms with E-state index in [1.54, 1.807) is 0 Å². The molecule has 1 aliphatic heterocycles. The minimum absolute atomic E-state index is 0. The zero-order valence-electron chi connectivity index (χ0n) is 12.4. The van der Waals surface area contributed by atoms with E-state index in [9.17, 15) is 9.90 Å². The van der Waals surface area contributed by atoms with Gasteiger partial charge in [0.25, 0.3) is 0 Å². The van der Waals surface area contributed by atoms with E-state index in [0.717, 1.165) is 19.3 Å². The molecular weight excluding hydrogens is 280 g/mol. The van der Waals surface area contributed by atoms with Gasteiger partial charge in [0.2, 0.25) is 5.91 Å². The summed E-state index contributed by atoms with van der Waals surface area (Å²) in [6, 6.07) is 0. The van der Waals surface area contributed by atoms with Crippen LogP contribution in [0.4, 0.5) is 0 Å². The number of piperidine rings is 1. The van der Waals surface area contributed by atoms with Crippen LogP contribution in [-0.4, -0.2) is 54.4 Å². The Balaban J connectivity index is 0.00000200. The molecule has 20 heavy (non-hydrogen) atoms. The third-order valence-electron chi connectivity index (χ3n) is 4.89. The summed E-state index contributed by atoms with van der Waals surface area (Å²) in [4.78, 5) is 14.0. The Kier molecular flexibility index (Phi) is 6.25. The van der Waals surface area contributed by atoms with Crippen LogP contribution in [0.25, 0.3) is 0 Å². The van der Waals surface area contributed by atoms with Crippen LogP contribution in [0.3, 0.4) is 0 Å². The fourth-order valence-corrected chi connectivity index (χ4v) is 3.37. The first kappa shape index (κ1) is 17.7. The molecule has 3 unspecified atom stereocenters. The molecule has 6 heteroatoms. The second-order valence-electron chi connectivity index (χ2n) is 5.89. The highest BCUT2D eigenvalue weighted by Gasteiger charge is 2.56. The lowest BCUT2D eigenvalue weighted by Crippen LogP contribution is -2.63. The predicted octanol–water partition coefficient (Wildman–Crippen LogP) is 0.781. The van der Waals surface area contributed by atoms with Crippen molar-refractivity contribution in [1.82, 2.24) is 4.90 Å². The number of carbonyl (C=O) groups is 1. The van der Waals surface area contributed by atoms with E-state index in [0.29, 0.717) is 26.2 Å². The molecule has 5 nitrogen and oxygen atoms in total. The fraction of sp³-hybridized carbons (Fsp3) is 0.929. The van der Waals surface area contributed by atoms with Crippen molar-refractivity contribution in [2.24, 2.45) is 17.1 Å². The van der Waals surface area contributed by atoms with Gasteiger partial charge in [-0.05, 0) is 19.8 Å². The topological polar surface area (TPSA) is 75.8 Å². The summed E-state index contributed by atoms with van der Waals surface area (Å²) < 4.78 is 5.72. The highest BCUT2D eigenvalue weighted by Crippen LogP contribution is 2.50. The number of carbonyl (C=O) groups excluding carboxylic acids is 1. The van der Waals surface area contributed by atoms with E-state index in [2.05, 4.69) is 0 Å². The van der Waals surface area contributed by atoms with Crippen molar-refractivity contribution in [3.05, 3.63) is 0 Å². The summed E-state index contributed by atoms with van der Waals surface area (Å²) in [6.07, 6.45) is 2.30. The highest BCUT2D eigenvalue weighted by atomic mass is 35.5. The average molecular weight is 307 g/mol. The number of aliphatic hydroxyl groups is 1. The maximum Gasteiger partial charge on any atom is 0.226 e. The smallest absolute Gasteiger partial charge is 0.226 e. The SMILES string of the molecule is CCOC1CC(O)C12CCN(C(=O)C(C)CN)CC2.Cl. The predicted molar refractivity (Wildman–Crippen MR) is 79.8 cm³/mol. The van der Waals surface area contributed by atoms with Crippen LogP contribution in [0.2, 0.25) is 0 Å². The normalized spacial score (nSPS) is 29.5. The van der Waals surface area contributed by atoms with Gasteiger partial charge in [0, 0.05) is 44.0 Å². The molecule has 118 valence electrons. The molecule has 1 saturated heterocycles. The number of hydrogen-bond acceptors (Lipinski definition) is 4. The first-order valence-electron chi connectivity index (χ1n) is 7.33. The Morgan fingerprint density at radius 2 is 2.10 bits per heavy atom. The lowest BCUT2D eigenvalue weighted by molar-refractivity contribution is -0.210. The standard InChI is InChI=1S/C14H26N2O3.ClH/c1-3-19-12-8-11(17)14(12)4-6-16(7-5-14)13(18)10(2)9-15;/h10-12,17H,3-9,15H2,1-2H3;1H. The van der Waals surface area contributed by atoms with Crippen LogP contribution in [-0.2, 0) is 9.53 Å². The molecule has 1 saturated carbocycles. The van der Waals surface area contributed by atoms with Crippen LogP contribution >= 0.6 is 12.4 Å². The van der Waals surface area contributed by atoms with E-state index in [1.807, 2.05) is 18.7 Å². The number of hydrogen-bond donors (Lipinski definition) is 2. The van der Waals surface area contributed by atoms with Gasteiger partial charge in [0.05, 0.1) is 12.2 Å². The number of amides is 1. The molecule has 1 heterocycles. The summed E-state index contributed by atoms with van der Waals surface area (Å²) in [7, 11) is 0. The number of nitrogens with zero attached hydrogens (tertiary/aromatic N) is 1. The van der Waals surface area contributed by atoms with Crippen LogP contribution in [0, 0.1) is 11.3 Å². The molecule has 3 atom stereocenters. The maximum absolute atomic E-state index is 12.1. The Morgan fingerprint density at radius 3 is 2.55 bits per heavy atom. The quantitative estimate of drug-likeness (QED) is 0.805. The molecule has 2 aliphatic rings. The van der Waals surface area contributed by atoms with E-state index in [-0.39, 0.29) is 41.9 Å². The molecular formula is C14H27ClN2O3. The Morgan fingerprint density at radius 1 is 1.50 bits per heavy atom. The molecule has 1 amide bonds. The summed E-state index contributed by atoms with van der Waals surface area (Å²) >= 11 is 0. The van der Waals surface area contributed by atoms with Gasteiger partial charge in [-0.15, -0.1) is 12.4 Å². The van der Waals surface area contributed by atoms with Gasteiger partial charge in [-0.1, -0.05) is 6.92 Å². The van der Waals surface area contributed by atoms with Gasteiger partial charge >= 0.3 is 0 Å². The van der Waals surface area contributed by atoms with Crippen LogP contribution < -0.4 is 5.73 Å². The first-order valence-corrected chi connectivity index (χ1v) is 7.33. The maximum atomic E-state index is 12.1. The van der Waals surface area contributed by atoms with Gasteiger partial charge in [0.1, 0.15) is 0 Å². The van der Waals surface area contributed by atoms with Crippen molar-refractivity contribution in [3.63, 3.8) is 0 Å². The van der Waals surface area contributed by atoms with Gasteiger partial charge in [-0.2, -0.15) is 0 Å². The average Bonchev–Trinajstić information content (AvgIpc) is 2.45. The van der Waals surface area contributed by atoms with Crippen molar-refractivity contribution in [2.75, 3.05) is 26.2 Å². The third kappa shape index (κ3) is 2.96. The van der Waals surface area contributed by atoms with Crippen LogP contribution in [0.1, 0.15) is 33.1 Å². The van der Waals surface area contributed by atoms with Crippen molar-refractivity contribution >= 4 is 18.3 Å². The monoisotopic (exact) mass is 306 g/mol. The molecule has 1 spiro atoms. The minimum atomic E-state index is -0.270. The Bertz CT molecular complexity index is 330. The molecule has 3 N–H and O–H groups in total. The molecule has 2 fully saturated rings. The van der Waals surface area contributed by atoms with Crippen LogP contribution in [0.15, 0.2) is 0 Å². The lowest BCUT2D eigenvalue weighted by Gasteiger charge is -2.56. The van der Waals surface area contributed by atoms with Gasteiger partial charge < -0.3 is 20.5 Å². The Hall–Kier alpha value is -0.360. The number of likely N-dealkylation sites (tertiary alicyclic amines) is 1. The van der Waals surface area contributed by atoms with Crippen molar-refractivity contribution < 1.29 is 14.6 Å². The molecule has 0 aromatic heterocycles. The van der Waals surface area contributed by atoms with Gasteiger partial charge in [-0.25, -0.2) is 0 Å². The summed E-state index contributed by atoms with van der Waals surface area (Å²) in [5, 5.41) is 10.1. The molecule has 0 radical (unpaired) electrons. The zero-order valence-corrected chi connectivity index (χ0v) is 13.2. The molecule has 2 rings (SSSR count). The van der Waals surface area contributed by atoms with E-state index in [4.69, 9.17) is 10.5 Å². The first-order chi connectivity index (χ1) is 9.05. The van der Waals surface area contributed by atoms with E-state index < -0.39 is 0 Å². The second kappa shape index (κ2) is 7.07. The van der Waals surface area contributed by atoms with E-state index in [1.165, 1.54) is 0 Å². The molecule has 0 aromatic carbocycles. The van der Waals surface area contributed by atoms with Gasteiger partial charge in [0.15, 0.2) is 0 Å². The summed E-state index contributed by atoms with van der Waals surface area (Å²) in [5.41, 5.74) is 5.43. The molecule has 0 bridgehead atoms. The number of rotatable bonds is 4. The van der Waals surface area contributed by atoms with Crippen molar-refractivity contribution in [2.45, 2.75) is 45.3 Å². The fourth-order valence-electron chi connectivity index (χ4n) is 3.37. The number of halogens is 1. The summed E-state index contributed by atoms with van der Waals surface area (Å²) in [6.45, 7) is 6.36. The second-order valence-corrected chi connectivity index (χ2v) is 5.89. The summed E-state index contributed by atoms with van der Waals surface area (Å²) in [5.74, 6) is 0.0298. The van der Waals surface area contributed by atoms with Gasteiger partial charge in [-0.3, -0.25) is 4.79 Å². The minimum Gasteiger partial charge on any atom is -0.392 e. The van der Waals surface area contributed by atoms with Crippen molar-refractivity contribution in [3.8, 4) is 0 Å².